The highest BCUT2D eigenvalue weighted by atomic mass is 35.5. The van der Waals surface area contributed by atoms with Crippen LogP contribution in [0.15, 0.2) is 83.4 Å². The number of carbonyl (C=O) groups is 1. The number of nitrogens with zero attached hydrogens (tertiary/aromatic N) is 2. The standard InChI is InChI=1S/C24H20ClN3O2/c1-16-7-9-19(10-8-16)23(29)26-21(15-17-5-3-2-4-6-17)24-27-22(28-30-24)18-11-13-20(25)14-12-18/h2-14,21H,15H2,1H3,(H,26,29). The van der Waals surface area contributed by atoms with Gasteiger partial charge in [-0.15, -0.1) is 0 Å². The quantitative estimate of drug-likeness (QED) is 0.455. The molecule has 0 saturated heterocycles. The third kappa shape index (κ3) is 4.75. The minimum absolute atomic E-state index is 0.192. The van der Waals surface area contributed by atoms with Crippen molar-refractivity contribution in [2.24, 2.45) is 0 Å². The predicted molar refractivity (Wildman–Crippen MR) is 116 cm³/mol. The van der Waals surface area contributed by atoms with Crippen LogP contribution in [0.2, 0.25) is 5.02 Å². The molecule has 6 heteroatoms. The molecule has 1 amide bonds. The van der Waals surface area contributed by atoms with Crippen molar-refractivity contribution in [3.8, 4) is 11.4 Å². The number of aryl methyl sites for hydroxylation is 1. The van der Waals surface area contributed by atoms with Gasteiger partial charge in [0, 0.05) is 22.6 Å². The molecule has 0 aliphatic carbocycles. The molecule has 5 nitrogen and oxygen atoms in total. The average Bonchev–Trinajstić information content (AvgIpc) is 3.25. The van der Waals surface area contributed by atoms with E-state index in [1.54, 1.807) is 24.3 Å². The summed E-state index contributed by atoms with van der Waals surface area (Å²) in [6, 6.07) is 24.0. The van der Waals surface area contributed by atoms with Crippen molar-refractivity contribution < 1.29 is 9.32 Å². The smallest absolute Gasteiger partial charge is 0.251 e. The molecule has 4 rings (SSSR count). The van der Waals surface area contributed by atoms with E-state index in [2.05, 4.69) is 15.5 Å². The van der Waals surface area contributed by atoms with Crippen LogP contribution in [0.3, 0.4) is 0 Å². The lowest BCUT2D eigenvalue weighted by Gasteiger charge is -2.15. The monoisotopic (exact) mass is 417 g/mol. The third-order valence-electron chi connectivity index (χ3n) is 4.74. The molecule has 0 aliphatic heterocycles. The molecule has 3 aromatic carbocycles. The van der Waals surface area contributed by atoms with Gasteiger partial charge in [-0.25, -0.2) is 0 Å². The van der Waals surface area contributed by atoms with Gasteiger partial charge in [0.25, 0.3) is 5.91 Å². The molecule has 150 valence electrons. The summed E-state index contributed by atoms with van der Waals surface area (Å²) in [5.41, 5.74) is 3.52. The van der Waals surface area contributed by atoms with E-state index in [0.717, 1.165) is 16.7 Å². The van der Waals surface area contributed by atoms with Gasteiger partial charge in [0.05, 0.1) is 0 Å². The van der Waals surface area contributed by atoms with Crippen LogP contribution in [0.25, 0.3) is 11.4 Å². The molecule has 0 saturated carbocycles. The second-order valence-electron chi connectivity index (χ2n) is 7.04. The lowest BCUT2D eigenvalue weighted by Crippen LogP contribution is -2.30. The molecule has 0 radical (unpaired) electrons. The van der Waals surface area contributed by atoms with Crippen molar-refractivity contribution in [3.05, 3.63) is 106 Å². The molecule has 30 heavy (non-hydrogen) atoms. The van der Waals surface area contributed by atoms with E-state index >= 15 is 0 Å². The van der Waals surface area contributed by atoms with Crippen molar-refractivity contribution in [2.75, 3.05) is 0 Å². The minimum atomic E-state index is -0.463. The summed E-state index contributed by atoms with van der Waals surface area (Å²) < 4.78 is 5.53. The number of hydrogen-bond acceptors (Lipinski definition) is 4. The van der Waals surface area contributed by atoms with E-state index in [1.165, 1.54) is 0 Å². The Labute approximate surface area is 179 Å². The van der Waals surface area contributed by atoms with Crippen LogP contribution in [-0.4, -0.2) is 16.0 Å². The first-order valence-electron chi connectivity index (χ1n) is 9.59. The Balaban J connectivity index is 1.61. The van der Waals surface area contributed by atoms with Crippen LogP contribution in [0.4, 0.5) is 0 Å². The summed E-state index contributed by atoms with van der Waals surface area (Å²) in [5.74, 6) is 0.607. The number of carbonyl (C=O) groups excluding carboxylic acids is 1. The van der Waals surface area contributed by atoms with Gasteiger partial charge < -0.3 is 9.84 Å². The molecule has 1 heterocycles. The lowest BCUT2D eigenvalue weighted by atomic mass is 10.0. The number of benzene rings is 3. The normalized spacial score (nSPS) is 11.8. The van der Waals surface area contributed by atoms with Crippen LogP contribution in [0.1, 0.15) is 33.4 Å². The van der Waals surface area contributed by atoms with E-state index in [0.29, 0.717) is 28.7 Å². The van der Waals surface area contributed by atoms with Crippen LogP contribution in [0.5, 0.6) is 0 Å². The summed E-state index contributed by atoms with van der Waals surface area (Å²) in [4.78, 5) is 17.4. The molecule has 1 N–H and O–H groups in total. The summed E-state index contributed by atoms with van der Waals surface area (Å²) in [6.07, 6.45) is 0.528. The minimum Gasteiger partial charge on any atom is -0.340 e. The number of amides is 1. The Morgan fingerprint density at radius 1 is 1.00 bits per heavy atom. The summed E-state index contributed by atoms with van der Waals surface area (Å²) >= 11 is 5.96. The van der Waals surface area contributed by atoms with Gasteiger partial charge in [0.15, 0.2) is 0 Å². The molecule has 1 aromatic heterocycles. The topological polar surface area (TPSA) is 68.0 Å². The Bertz CT molecular complexity index is 1120. The second kappa shape index (κ2) is 8.93. The first-order valence-corrected chi connectivity index (χ1v) is 9.97. The Kier molecular flexibility index (Phi) is 5.91. The molecule has 0 spiro atoms. The molecule has 0 bridgehead atoms. The summed E-state index contributed by atoms with van der Waals surface area (Å²) in [6.45, 7) is 1.98. The van der Waals surface area contributed by atoms with Gasteiger partial charge in [0.2, 0.25) is 11.7 Å². The average molecular weight is 418 g/mol. The lowest BCUT2D eigenvalue weighted by molar-refractivity contribution is 0.0928. The Morgan fingerprint density at radius 2 is 1.70 bits per heavy atom. The highest BCUT2D eigenvalue weighted by Crippen LogP contribution is 2.23. The van der Waals surface area contributed by atoms with Crippen molar-refractivity contribution >= 4 is 17.5 Å². The van der Waals surface area contributed by atoms with Crippen LogP contribution < -0.4 is 5.32 Å². The number of aromatic nitrogens is 2. The molecule has 1 atom stereocenters. The Morgan fingerprint density at radius 3 is 2.40 bits per heavy atom. The van der Waals surface area contributed by atoms with Crippen LogP contribution in [0, 0.1) is 6.92 Å². The predicted octanol–water partition coefficient (Wildman–Crippen LogP) is 5.41. The van der Waals surface area contributed by atoms with Gasteiger partial charge in [-0.2, -0.15) is 4.98 Å². The number of nitrogens with one attached hydrogen (secondary N) is 1. The number of hydrogen-bond donors (Lipinski definition) is 1. The van der Waals surface area contributed by atoms with Crippen molar-refractivity contribution in [1.29, 1.82) is 0 Å². The molecular weight excluding hydrogens is 398 g/mol. The largest absolute Gasteiger partial charge is 0.340 e. The van der Waals surface area contributed by atoms with Gasteiger partial charge in [-0.1, -0.05) is 64.8 Å². The van der Waals surface area contributed by atoms with E-state index < -0.39 is 6.04 Å². The first kappa shape index (κ1) is 19.9. The van der Waals surface area contributed by atoms with E-state index in [4.69, 9.17) is 16.1 Å². The van der Waals surface area contributed by atoms with Gasteiger partial charge in [-0.05, 0) is 48.9 Å². The van der Waals surface area contributed by atoms with E-state index in [-0.39, 0.29) is 5.91 Å². The molecule has 0 fully saturated rings. The van der Waals surface area contributed by atoms with Crippen molar-refractivity contribution in [3.63, 3.8) is 0 Å². The second-order valence-corrected chi connectivity index (χ2v) is 7.48. The fraction of sp³-hybridized carbons (Fsp3) is 0.125. The Hall–Kier alpha value is -3.44. The van der Waals surface area contributed by atoms with E-state index in [1.807, 2.05) is 61.5 Å². The van der Waals surface area contributed by atoms with Gasteiger partial charge >= 0.3 is 0 Å². The number of halogens is 1. The van der Waals surface area contributed by atoms with Crippen LogP contribution in [-0.2, 0) is 6.42 Å². The zero-order chi connectivity index (χ0) is 20.9. The zero-order valence-electron chi connectivity index (χ0n) is 16.4. The highest BCUT2D eigenvalue weighted by molar-refractivity contribution is 6.30. The van der Waals surface area contributed by atoms with Gasteiger partial charge in [-0.3, -0.25) is 4.79 Å². The molecular formula is C24H20ClN3O2. The third-order valence-corrected chi connectivity index (χ3v) is 5.00. The first-order chi connectivity index (χ1) is 14.6. The van der Waals surface area contributed by atoms with Crippen LogP contribution >= 0.6 is 11.6 Å². The maximum atomic E-state index is 12.8. The maximum Gasteiger partial charge on any atom is 0.251 e. The van der Waals surface area contributed by atoms with Crippen molar-refractivity contribution in [1.82, 2.24) is 15.5 Å². The fourth-order valence-electron chi connectivity index (χ4n) is 3.09. The molecule has 1 unspecified atom stereocenters. The summed E-state index contributed by atoms with van der Waals surface area (Å²) in [5, 5.41) is 7.76. The summed E-state index contributed by atoms with van der Waals surface area (Å²) in [7, 11) is 0. The zero-order valence-corrected chi connectivity index (χ0v) is 17.1. The highest BCUT2D eigenvalue weighted by Gasteiger charge is 2.23. The molecule has 4 aromatic rings. The molecule has 0 aliphatic rings. The SMILES string of the molecule is Cc1ccc(C(=O)NC(Cc2ccccc2)c2nc(-c3ccc(Cl)cc3)no2)cc1. The number of rotatable bonds is 6. The van der Waals surface area contributed by atoms with Gasteiger partial charge in [0.1, 0.15) is 6.04 Å². The van der Waals surface area contributed by atoms with E-state index in [9.17, 15) is 4.79 Å². The fourth-order valence-corrected chi connectivity index (χ4v) is 3.22. The maximum absolute atomic E-state index is 12.8. The van der Waals surface area contributed by atoms with Crippen molar-refractivity contribution in [2.45, 2.75) is 19.4 Å².